The smallest absolute Gasteiger partial charge is 0.339 e. The number of carbonyl (C=O) groups is 1. The number of carboxylic acid groups (broad SMARTS) is 1. The van der Waals surface area contributed by atoms with E-state index < -0.39 is 5.97 Å². The molecule has 1 aliphatic rings. The van der Waals surface area contributed by atoms with E-state index in [0.717, 1.165) is 11.6 Å². The van der Waals surface area contributed by atoms with Crippen LogP contribution in [0, 0.1) is 5.92 Å². The highest BCUT2D eigenvalue weighted by molar-refractivity contribution is 5.88. The molecule has 5 heteroatoms. The third kappa shape index (κ3) is 2.90. The van der Waals surface area contributed by atoms with Crippen LogP contribution in [0.1, 0.15) is 48.7 Å². The number of hydrogen-bond acceptors (Lipinski definition) is 3. The topological polar surface area (TPSA) is 67.2 Å². The van der Waals surface area contributed by atoms with Gasteiger partial charge < -0.3 is 10.4 Å². The zero-order chi connectivity index (χ0) is 13.1. The number of nitrogens with one attached hydrogen (secondary N) is 1. The molecule has 0 bridgehead atoms. The van der Waals surface area contributed by atoms with Gasteiger partial charge in [-0.1, -0.05) is 6.92 Å². The van der Waals surface area contributed by atoms with E-state index in [0.29, 0.717) is 18.2 Å². The number of aryl methyl sites for hydroxylation is 1. The van der Waals surface area contributed by atoms with Crippen molar-refractivity contribution in [2.45, 2.75) is 45.2 Å². The number of aromatic carboxylic acids is 1. The lowest BCUT2D eigenvalue weighted by molar-refractivity contribution is 0.0695. The van der Waals surface area contributed by atoms with Gasteiger partial charge in [-0.25, -0.2) is 4.79 Å². The Bertz CT molecular complexity index is 420. The van der Waals surface area contributed by atoms with Gasteiger partial charge in [0.25, 0.3) is 0 Å². The standard InChI is InChI=1S/C13H21N3O2/c1-9-3-5-10(6-4-9)14-8-12-11(13(17)18)7-15-16(12)2/h7,9-10,14H,3-6,8H2,1-2H3,(H,17,18). The summed E-state index contributed by atoms with van der Waals surface area (Å²) in [5.41, 5.74) is 1.05. The van der Waals surface area contributed by atoms with E-state index in [2.05, 4.69) is 17.3 Å². The molecule has 1 aromatic rings. The van der Waals surface area contributed by atoms with Gasteiger partial charge in [-0.15, -0.1) is 0 Å². The van der Waals surface area contributed by atoms with Crippen LogP contribution in [0.3, 0.4) is 0 Å². The predicted molar refractivity (Wildman–Crippen MR) is 68.4 cm³/mol. The predicted octanol–water partition coefficient (Wildman–Crippen LogP) is 1.79. The number of hydrogen-bond donors (Lipinski definition) is 2. The Morgan fingerprint density at radius 3 is 2.78 bits per heavy atom. The quantitative estimate of drug-likeness (QED) is 0.856. The van der Waals surface area contributed by atoms with Gasteiger partial charge in [-0.3, -0.25) is 4.68 Å². The molecule has 0 radical (unpaired) electrons. The molecular weight excluding hydrogens is 230 g/mol. The summed E-state index contributed by atoms with van der Waals surface area (Å²) in [6.45, 7) is 2.87. The highest BCUT2D eigenvalue weighted by Crippen LogP contribution is 2.23. The second-order valence-electron chi connectivity index (χ2n) is 5.27. The van der Waals surface area contributed by atoms with Crippen molar-refractivity contribution in [1.29, 1.82) is 0 Å². The summed E-state index contributed by atoms with van der Waals surface area (Å²) < 4.78 is 1.64. The van der Waals surface area contributed by atoms with Gasteiger partial charge in [-0.05, 0) is 31.6 Å². The van der Waals surface area contributed by atoms with Crippen LogP contribution >= 0.6 is 0 Å². The number of rotatable bonds is 4. The summed E-state index contributed by atoms with van der Waals surface area (Å²) in [5.74, 6) is -0.0773. The maximum atomic E-state index is 11.0. The van der Waals surface area contributed by atoms with Crippen LogP contribution in [0.4, 0.5) is 0 Å². The molecule has 0 spiro atoms. The fraction of sp³-hybridized carbons (Fsp3) is 0.692. The van der Waals surface area contributed by atoms with Crippen molar-refractivity contribution in [3.63, 3.8) is 0 Å². The molecular formula is C13H21N3O2. The highest BCUT2D eigenvalue weighted by Gasteiger charge is 2.20. The first-order valence-electron chi connectivity index (χ1n) is 6.55. The van der Waals surface area contributed by atoms with Gasteiger partial charge in [0.15, 0.2) is 0 Å². The number of aromatic nitrogens is 2. The molecule has 0 amide bonds. The van der Waals surface area contributed by atoms with E-state index in [1.165, 1.54) is 31.9 Å². The fourth-order valence-corrected chi connectivity index (χ4v) is 2.56. The SMILES string of the molecule is CC1CCC(NCc2c(C(=O)O)cnn2C)CC1. The first-order chi connectivity index (χ1) is 8.58. The van der Waals surface area contributed by atoms with E-state index in [9.17, 15) is 4.79 Å². The zero-order valence-electron chi connectivity index (χ0n) is 11.0. The van der Waals surface area contributed by atoms with Crippen LogP contribution in [-0.4, -0.2) is 26.9 Å². The summed E-state index contributed by atoms with van der Waals surface area (Å²) in [5, 5.41) is 16.5. The molecule has 100 valence electrons. The van der Waals surface area contributed by atoms with E-state index in [4.69, 9.17) is 5.11 Å². The van der Waals surface area contributed by atoms with Crippen LogP contribution in [0.25, 0.3) is 0 Å². The van der Waals surface area contributed by atoms with Crippen LogP contribution < -0.4 is 5.32 Å². The molecule has 1 saturated carbocycles. The van der Waals surface area contributed by atoms with Crippen LogP contribution in [0.2, 0.25) is 0 Å². The third-order valence-electron chi connectivity index (χ3n) is 3.87. The lowest BCUT2D eigenvalue weighted by atomic mass is 9.87. The molecule has 0 unspecified atom stereocenters. The monoisotopic (exact) mass is 251 g/mol. The van der Waals surface area contributed by atoms with Gasteiger partial charge in [0.1, 0.15) is 5.56 Å². The van der Waals surface area contributed by atoms with Crippen LogP contribution in [0.15, 0.2) is 6.20 Å². The molecule has 0 aliphatic heterocycles. The van der Waals surface area contributed by atoms with E-state index in [1.54, 1.807) is 11.7 Å². The van der Waals surface area contributed by atoms with Crippen molar-refractivity contribution in [2.24, 2.45) is 13.0 Å². The Hall–Kier alpha value is -1.36. The highest BCUT2D eigenvalue weighted by atomic mass is 16.4. The van der Waals surface area contributed by atoms with Gasteiger partial charge in [0.2, 0.25) is 0 Å². The lowest BCUT2D eigenvalue weighted by Gasteiger charge is -2.27. The van der Waals surface area contributed by atoms with Gasteiger partial charge >= 0.3 is 5.97 Å². The van der Waals surface area contributed by atoms with Crippen molar-refractivity contribution >= 4 is 5.97 Å². The molecule has 5 nitrogen and oxygen atoms in total. The summed E-state index contributed by atoms with van der Waals surface area (Å²) in [7, 11) is 1.78. The van der Waals surface area contributed by atoms with E-state index in [-0.39, 0.29) is 0 Å². The minimum atomic E-state index is -0.905. The Kier molecular flexibility index (Phi) is 4.01. The molecule has 0 atom stereocenters. The van der Waals surface area contributed by atoms with Crippen molar-refractivity contribution in [3.8, 4) is 0 Å². The van der Waals surface area contributed by atoms with Crippen molar-refractivity contribution in [2.75, 3.05) is 0 Å². The number of nitrogens with zero attached hydrogens (tertiary/aromatic N) is 2. The Labute approximate surface area is 107 Å². The maximum Gasteiger partial charge on any atom is 0.339 e. The molecule has 1 heterocycles. The van der Waals surface area contributed by atoms with Gasteiger partial charge in [0.05, 0.1) is 11.9 Å². The summed E-state index contributed by atoms with van der Waals surface area (Å²) >= 11 is 0. The second-order valence-corrected chi connectivity index (χ2v) is 5.27. The van der Waals surface area contributed by atoms with Crippen LogP contribution in [-0.2, 0) is 13.6 Å². The molecule has 18 heavy (non-hydrogen) atoms. The Morgan fingerprint density at radius 2 is 2.17 bits per heavy atom. The molecule has 2 rings (SSSR count). The van der Waals surface area contributed by atoms with Crippen molar-refractivity contribution in [1.82, 2.24) is 15.1 Å². The Morgan fingerprint density at radius 1 is 1.50 bits per heavy atom. The minimum absolute atomic E-state index is 0.300. The molecule has 0 saturated heterocycles. The first-order valence-corrected chi connectivity index (χ1v) is 6.55. The van der Waals surface area contributed by atoms with Crippen LogP contribution in [0.5, 0.6) is 0 Å². The average molecular weight is 251 g/mol. The molecule has 1 aliphatic carbocycles. The molecule has 1 aromatic heterocycles. The van der Waals surface area contributed by atoms with Gasteiger partial charge in [0, 0.05) is 19.6 Å². The first kappa shape index (κ1) is 13.1. The lowest BCUT2D eigenvalue weighted by Crippen LogP contribution is -2.33. The number of carboxylic acids is 1. The summed E-state index contributed by atoms with van der Waals surface area (Å²) in [6.07, 6.45) is 6.30. The van der Waals surface area contributed by atoms with Crippen molar-refractivity contribution < 1.29 is 9.90 Å². The van der Waals surface area contributed by atoms with Gasteiger partial charge in [-0.2, -0.15) is 5.10 Å². The normalized spacial score (nSPS) is 24.1. The molecule has 2 N–H and O–H groups in total. The second kappa shape index (κ2) is 5.52. The van der Waals surface area contributed by atoms with Crippen molar-refractivity contribution in [3.05, 3.63) is 17.5 Å². The zero-order valence-corrected chi connectivity index (χ0v) is 11.0. The molecule has 1 fully saturated rings. The van der Waals surface area contributed by atoms with E-state index in [1.807, 2.05) is 0 Å². The minimum Gasteiger partial charge on any atom is -0.478 e. The largest absolute Gasteiger partial charge is 0.478 e. The average Bonchev–Trinajstić information content (AvgIpc) is 2.70. The molecule has 0 aromatic carbocycles. The fourth-order valence-electron chi connectivity index (χ4n) is 2.56. The maximum absolute atomic E-state index is 11.0. The summed E-state index contributed by atoms with van der Waals surface area (Å²) in [4.78, 5) is 11.0. The Balaban J connectivity index is 1.94. The summed E-state index contributed by atoms with van der Waals surface area (Å²) in [6, 6.07) is 0.512. The van der Waals surface area contributed by atoms with E-state index >= 15 is 0 Å². The third-order valence-corrected chi connectivity index (χ3v) is 3.87.